The third-order valence-electron chi connectivity index (χ3n) is 2.65. The Labute approximate surface area is 102 Å². The second-order valence-electron chi connectivity index (χ2n) is 5.36. The van der Waals surface area contributed by atoms with Crippen LogP contribution in [0.5, 0.6) is 0 Å². The Bertz CT molecular complexity index is 563. The number of rotatable bonds is 1. The molecule has 2 rings (SSSR count). The van der Waals surface area contributed by atoms with Gasteiger partial charge in [0.1, 0.15) is 0 Å². The predicted molar refractivity (Wildman–Crippen MR) is 74.6 cm³/mol. The number of fused-ring (bicyclic) bond motifs is 1. The van der Waals surface area contributed by atoms with Gasteiger partial charge in [0, 0.05) is 23.5 Å². The molecule has 0 saturated heterocycles. The summed E-state index contributed by atoms with van der Waals surface area (Å²) in [6.45, 7) is 6.56. The number of anilines is 1. The molecule has 2 aromatic rings. The van der Waals surface area contributed by atoms with E-state index in [1.807, 2.05) is 18.3 Å². The molecule has 1 aromatic carbocycles. The predicted octanol–water partition coefficient (Wildman–Crippen LogP) is 3.88. The number of hydrogen-bond donors (Lipinski definition) is 1. The first kappa shape index (κ1) is 11.6. The lowest BCUT2D eigenvalue weighted by Gasteiger charge is -2.12. The SMILES string of the molecule is CC(C)(C)/C=C/c1ccc(N)c2cnccc12. The van der Waals surface area contributed by atoms with Crippen LogP contribution in [0.4, 0.5) is 5.69 Å². The van der Waals surface area contributed by atoms with Crippen LogP contribution in [0, 0.1) is 5.41 Å². The molecule has 1 aromatic heterocycles. The van der Waals surface area contributed by atoms with Gasteiger partial charge in [-0.25, -0.2) is 0 Å². The van der Waals surface area contributed by atoms with Crippen LogP contribution in [-0.2, 0) is 0 Å². The van der Waals surface area contributed by atoms with Crippen LogP contribution in [0.2, 0.25) is 0 Å². The van der Waals surface area contributed by atoms with E-state index in [1.165, 1.54) is 5.56 Å². The second-order valence-corrected chi connectivity index (χ2v) is 5.36. The van der Waals surface area contributed by atoms with E-state index in [4.69, 9.17) is 5.73 Å². The number of allylic oxidation sites excluding steroid dienone is 1. The Hall–Kier alpha value is -1.83. The highest BCUT2D eigenvalue weighted by atomic mass is 14.6. The zero-order valence-corrected chi connectivity index (χ0v) is 10.6. The first-order chi connectivity index (χ1) is 7.97. The summed E-state index contributed by atoms with van der Waals surface area (Å²) >= 11 is 0. The molecular weight excluding hydrogens is 208 g/mol. The summed E-state index contributed by atoms with van der Waals surface area (Å²) in [6, 6.07) is 6.00. The van der Waals surface area contributed by atoms with Gasteiger partial charge in [-0.15, -0.1) is 0 Å². The number of benzene rings is 1. The van der Waals surface area contributed by atoms with E-state index >= 15 is 0 Å². The van der Waals surface area contributed by atoms with E-state index in [-0.39, 0.29) is 5.41 Å². The smallest absolute Gasteiger partial charge is 0.0409 e. The highest BCUT2D eigenvalue weighted by Crippen LogP contribution is 2.26. The molecule has 0 amide bonds. The molecule has 2 heteroatoms. The van der Waals surface area contributed by atoms with E-state index in [0.717, 1.165) is 16.5 Å². The minimum Gasteiger partial charge on any atom is -0.398 e. The van der Waals surface area contributed by atoms with Gasteiger partial charge in [-0.05, 0) is 28.5 Å². The summed E-state index contributed by atoms with van der Waals surface area (Å²) in [6.07, 6.45) is 7.98. The molecule has 2 N–H and O–H groups in total. The lowest BCUT2D eigenvalue weighted by atomic mass is 9.94. The molecule has 88 valence electrons. The standard InChI is InChI=1S/C15H18N2/c1-15(2,3)8-6-11-4-5-14(16)13-10-17-9-7-12(11)13/h4-10H,16H2,1-3H3/b8-6+. The Kier molecular flexibility index (Phi) is 2.88. The van der Waals surface area contributed by atoms with Gasteiger partial charge >= 0.3 is 0 Å². The van der Waals surface area contributed by atoms with Gasteiger partial charge in [-0.1, -0.05) is 39.0 Å². The first-order valence-electron chi connectivity index (χ1n) is 5.79. The lowest BCUT2D eigenvalue weighted by Crippen LogP contribution is -1.98. The van der Waals surface area contributed by atoms with Crippen LogP contribution in [-0.4, -0.2) is 4.98 Å². The number of nitrogens with two attached hydrogens (primary N) is 1. The number of nitrogens with zero attached hydrogens (tertiary/aromatic N) is 1. The molecule has 1 heterocycles. The minimum absolute atomic E-state index is 0.181. The van der Waals surface area contributed by atoms with Crippen molar-refractivity contribution in [2.24, 2.45) is 5.41 Å². The highest BCUT2D eigenvalue weighted by Gasteiger charge is 2.05. The fourth-order valence-electron chi connectivity index (χ4n) is 1.72. The third-order valence-corrected chi connectivity index (χ3v) is 2.65. The fourth-order valence-corrected chi connectivity index (χ4v) is 1.72. The van der Waals surface area contributed by atoms with Crippen molar-refractivity contribution in [1.29, 1.82) is 0 Å². The van der Waals surface area contributed by atoms with Gasteiger partial charge in [0.2, 0.25) is 0 Å². The van der Waals surface area contributed by atoms with Crippen molar-refractivity contribution in [2.45, 2.75) is 20.8 Å². The van der Waals surface area contributed by atoms with Gasteiger partial charge in [0.15, 0.2) is 0 Å². The summed E-state index contributed by atoms with van der Waals surface area (Å²) in [4.78, 5) is 4.12. The number of nitrogen functional groups attached to an aromatic ring is 1. The molecule has 0 radical (unpaired) electrons. The van der Waals surface area contributed by atoms with Crippen molar-refractivity contribution in [1.82, 2.24) is 4.98 Å². The fraction of sp³-hybridized carbons (Fsp3) is 0.267. The highest BCUT2D eigenvalue weighted by molar-refractivity contribution is 5.97. The molecule has 0 saturated carbocycles. The molecule has 0 bridgehead atoms. The van der Waals surface area contributed by atoms with Crippen LogP contribution in [0.15, 0.2) is 36.7 Å². The Balaban J connectivity index is 2.56. The summed E-state index contributed by atoms with van der Waals surface area (Å²) in [5.74, 6) is 0. The molecule has 0 unspecified atom stereocenters. The second kappa shape index (κ2) is 4.21. The molecule has 2 nitrogen and oxygen atoms in total. The van der Waals surface area contributed by atoms with Gasteiger partial charge in [0.25, 0.3) is 0 Å². The topological polar surface area (TPSA) is 38.9 Å². The molecule has 0 aliphatic rings. The van der Waals surface area contributed by atoms with Crippen molar-refractivity contribution in [3.63, 3.8) is 0 Å². The van der Waals surface area contributed by atoms with Crippen molar-refractivity contribution in [3.05, 3.63) is 42.2 Å². The Morgan fingerprint density at radius 1 is 1.12 bits per heavy atom. The maximum Gasteiger partial charge on any atom is 0.0409 e. The van der Waals surface area contributed by atoms with E-state index < -0.39 is 0 Å². The molecule has 17 heavy (non-hydrogen) atoms. The van der Waals surface area contributed by atoms with Crippen LogP contribution in [0.1, 0.15) is 26.3 Å². The molecule has 0 fully saturated rings. The molecule has 0 atom stereocenters. The molecule has 0 aliphatic carbocycles. The van der Waals surface area contributed by atoms with E-state index in [2.05, 4.69) is 44.0 Å². The number of hydrogen-bond acceptors (Lipinski definition) is 2. The average molecular weight is 226 g/mol. The van der Waals surface area contributed by atoms with Gasteiger partial charge in [-0.2, -0.15) is 0 Å². The average Bonchev–Trinajstić information content (AvgIpc) is 2.27. The lowest BCUT2D eigenvalue weighted by molar-refractivity contribution is 0.547. The van der Waals surface area contributed by atoms with Gasteiger partial charge < -0.3 is 5.73 Å². The number of pyridine rings is 1. The third kappa shape index (κ3) is 2.64. The Morgan fingerprint density at radius 2 is 1.88 bits per heavy atom. The van der Waals surface area contributed by atoms with Crippen LogP contribution in [0.3, 0.4) is 0 Å². The summed E-state index contributed by atoms with van der Waals surface area (Å²) in [5.41, 5.74) is 8.09. The largest absolute Gasteiger partial charge is 0.398 e. The quantitative estimate of drug-likeness (QED) is 0.749. The first-order valence-corrected chi connectivity index (χ1v) is 5.79. The summed E-state index contributed by atoms with van der Waals surface area (Å²) < 4.78 is 0. The number of aromatic nitrogens is 1. The van der Waals surface area contributed by atoms with E-state index in [1.54, 1.807) is 6.20 Å². The van der Waals surface area contributed by atoms with Gasteiger partial charge in [0.05, 0.1) is 0 Å². The van der Waals surface area contributed by atoms with Gasteiger partial charge in [-0.3, -0.25) is 4.98 Å². The molecular formula is C15H18N2. The van der Waals surface area contributed by atoms with Crippen LogP contribution >= 0.6 is 0 Å². The monoisotopic (exact) mass is 226 g/mol. The zero-order chi connectivity index (χ0) is 12.5. The summed E-state index contributed by atoms with van der Waals surface area (Å²) in [5, 5.41) is 2.17. The zero-order valence-electron chi connectivity index (χ0n) is 10.6. The van der Waals surface area contributed by atoms with Crippen LogP contribution in [0.25, 0.3) is 16.8 Å². The normalized spacial score (nSPS) is 12.4. The van der Waals surface area contributed by atoms with Crippen LogP contribution < -0.4 is 5.73 Å². The maximum atomic E-state index is 5.94. The van der Waals surface area contributed by atoms with E-state index in [0.29, 0.717) is 0 Å². The minimum atomic E-state index is 0.181. The molecule has 0 spiro atoms. The van der Waals surface area contributed by atoms with Crippen molar-refractivity contribution < 1.29 is 0 Å². The summed E-state index contributed by atoms with van der Waals surface area (Å²) in [7, 11) is 0. The maximum absolute atomic E-state index is 5.94. The van der Waals surface area contributed by atoms with Crippen molar-refractivity contribution in [2.75, 3.05) is 5.73 Å². The Morgan fingerprint density at radius 3 is 2.59 bits per heavy atom. The van der Waals surface area contributed by atoms with Crippen molar-refractivity contribution >= 4 is 22.5 Å². The van der Waals surface area contributed by atoms with Crippen molar-refractivity contribution in [3.8, 4) is 0 Å². The molecule has 0 aliphatic heterocycles. The van der Waals surface area contributed by atoms with E-state index in [9.17, 15) is 0 Å².